The molecule has 0 saturated heterocycles. The Balaban J connectivity index is 2.32. The van der Waals surface area contributed by atoms with Crippen LogP contribution in [-0.4, -0.2) is 24.4 Å². The van der Waals surface area contributed by atoms with Crippen LogP contribution in [0.1, 0.15) is 35.7 Å². The molecule has 1 rings (SSSR count). The van der Waals surface area contributed by atoms with Gasteiger partial charge in [0.1, 0.15) is 0 Å². The summed E-state index contributed by atoms with van der Waals surface area (Å²) in [7, 11) is 0. The number of nitrogens with one attached hydrogen (secondary N) is 2. The van der Waals surface area contributed by atoms with Crippen molar-refractivity contribution in [3.63, 3.8) is 0 Å². The van der Waals surface area contributed by atoms with E-state index in [0.29, 0.717) is 5.56 Å². The standard InChI is InChI=1S/C14H18N2O4/c1-3-20-14(19)16-15-13(18)9-8-12(17)11-6-4-10(2)5-7-11/h4-7H,3,8-9H2,1-2H3,(H,15,18)(H,16,19). The molecular weight excluding hydrogens is 260 g/mol. The van der Waals surface area contributed by atoms with Crippen LogP contribution < -0.4 is 10.9 Å². The summed E-state index contributed by atoms with van der Waals surface area (Å²) in [5.74, 6) is -0.560. The van der Waals surface area contributed by atoms with E-state index in [2.05, 4.69) is 15.6 Å². The largest absolute Gasteiger partial charge is 0.449 e. The van der Waals surface area contributed by atoms with Gasteiger partial charge in [0.25, 0.3) is 0 Å². The number of carbonyl (C=O) groups excluding carboxylic acids is 3. The van der Waals surface area contributed by atoms with Crippen LogP contribution in [0.4, 0.5) is 4.79 Å². The van der Waals surface area contributed by atoms with E-state index < -0.39 is 12.0 Å². The number of ether oxygens (including phenoxy) is 1. The summed E-state index contributed by atoms with van der Waals surface area (Å²) in [4.78, 5) is 34.1. The second kappa shape index (κ2) is 7.93. The highest BCUT2D eigenvalue weighted by Gasteiger charge is 2.10. The molecule has 0 radical (unpaired) electrons. The molecule has 0 aliphatic rings. The molecule has 2 amide bonds. The number of carbonyl (C=O) groups is 3. The molecule has 20 heavy (non-hydrogen) atoms. The average molecular weight is 278 g/mol. The predicted octanol–water partition coefficient (Wildman–Crippen LogP) is 1.74. The number of ketones is 1. The van der Waals surface area contributed by atoms with E-state index in [4.69, 9.17) is 0 Å². The second-order valence-electron chi connectivity index (χ2n) is 4.18. The van der Waals surface area contributed by atoms with E-state index in [1.807, 2.05) is 19.1 Å². The number of amides is 2. The van der Waals surface area contributed by atoms with Crippen molar-refractivity contribution in [2.75, 3.05) is 6.61 Å². The van der Waals surface area contributed by atoms with Crippen LogP contribution in [0.15, 0.2) is 24.3 Å². The van der Waals surface area contributed by atoms with Crippen molar-refractivity contribution < 1.29 is 19.1 Å². The summed E-state index contributed by atoms with van der Waals surface area (Å²) < 4.78 is 4.57. The van der Waals surface area contributed by atoms with Gasteiger partial charge < -0.3 is 4.74 Å². The molecule has 0 unspecified atom stereocenters. The molecule has 0 atom stereocenters. The van der Waals surface area contributed by atoms with E-state index in [1.54, 1.807) is 19.1 Å². The first kappa shape index (κ1) is 15.7. The molecule has 0 bridgehead atoms. The van der Waals surface area contributed by atoms with Gasteiger partial charge in [0, 0.05) is 18.4 Å². The van der Waals surface area contributed by atoms with Gasteiger partial charge in [-0.25, -0.2) is 10.2 Å². The SMILES string of the molecule is CCOC(=O)NNC(=O)CCC(=O)c1ccc(C)cc1. The van der Waals surface area contributed by atoms with E-state index >= 15 is 0 Å². The Bertz CT molecular complexity index is 482. The highest BCUT2D eigenvalue weighted by atomic mass is 16.5. The molecule has 1 aromatic carbocycles. The number of rotatable bonds is 5. The van der Waals surface area contributed by atoms with E-state index in [1.165, 1.54) is 0 Å². The third kappa shape index (κ3) is 5.51. The smallest absolute Gasteiger partial charge is 0.426 e. The summed E-state index contributed by atoms with van der Waals surface area (Å²) in [6.07, 6.45) is -0.649. The molecule has 6 nitrogen and oxygen atoms in total. The van der Waals surface area contributed by atoms with Gasteiger partial charge in [-0.05, 0) is 13.8 Å². The van der Waals surface area contributed by atoms with Crippen molar-refractivity contribution in [1.29, 1.82) is 0 Å². The van der Waals surface area contributed by atoms with Gasteiger partial charge in [-0.2, -0.15) is 0 Å². The molecule has 0 heterocycles. The van der Waals surface area contributed by atoms with Crippen LogP contribution in [0.2, 0.25) is 0 Å². The molecule has 0 aromatic heterocycles. The fourth-order valence-corrected chi connectivity index (χ4v) is 1.46. The number of benzene rings is 1. The molecule has 108 valence electrons. The number of hydrazine groups is 1. The van der Waals surface area contributed by atoms with Crippen molar-refractivity contribution in [3.8, 4) is 0 Å². The topological polar surface area (TPSA) is 84.5 Å². The maximum Gasteiger partial charge on any atom is 0.426 e. The minimum absolute atomic E-state index is 0.000878. The highest BCUT2D eigenvalue weighted by molar-refractivity contribution is 5.98. The molecule has 0 fully saturated rings. The molecule has 0 saturated carbocycles. The molecular formula is C14H18N2O4. The lowest BCUT2D eigenvalue weighted by Crippen LogP contribution is -2.41. The molecule has 2 N–H and O–H groups in total. The van der Waals surface area contributed by atoms with Gasteiger partial charge in [0.2, 0.25) is 5.91 Å². The summed E-state index contributed by atoms with van der Waals surface area (Å²) in [6.45, 7) is 3.80. The van der Waals surface area contributed by atoms with Crippen LogP contribution in [0.5, 0.6) is 0 Å². The first-order chi connectivity index (χ1) is 9.52. The van der Waals surface area contributed by atoms with Crippen LogP contribution in [0, 0.1) is 6.92 Å². The maximum atomic E-state index is 11.8. The Morgan fingerprint density at radius 3 is 2.30 bits per heavy atom. The maximum absolute atomic E-state index is 11.8. The summed E-state index contributed by atoms with van der Waals surface area (Å²) in [5, 5.41) is 0. The van der Waals surface area contributed by atoms with Crippen LogP contribution in [0.3, 0.4) is 0 Å². The zero-order valence-corrected chi connectivity index (χ0v) is 11.6. The zero-order chi connectivity index (χ0) is 15.0. The number of Topliss-reactive ketones (excluding diaryl/α,β-unsaturated/α-hetero) is 1. The number of hydrogen-bond acceptors (Lipinski definition) is 4. The minimum atomic E-state index is -0.731. The Labute approximate surface area is 117 Å². The summed E-state index contributed by atoms with van der Waals surface area (Å²) in [5.41, 5.74) is 5.89. The van der Waals surface area contributed by atoms with Crippen molar-refractivity contribution >= 4 is 17.8 Å². The van der Waals surface area contributed by atoms with Gasteiger partial charge >= 0.3 is 6.09 Å². The Hall–Kier alpha value is -2.37. The van der Waals surface area contributed by atoms with Gasteiger partial charge in [-0.1, -0.05) is 29.8 Å². The first-order valence-corrected chi connectivity index (χ1v) is 6.34. The van der Waals surface area contributed by atoms with E-state index in [-0.39, 0.29) is 25.2 Å². The molecule has 1 aromatic rings. The lowest BCUT2D eigenvalue weighted by molar-refractivity contribution is -0.121. The quantitative estimate of drug-likeness (QED) is 0.634. The zero-order valence-electron chi connectivity index (χ0n) is 11.6. The van der Waals surface area contributed by atoms with Gasteiger partial charge in [0.15, 0.2) is 5.78 Å². The van der Waals surface area contributed by atoms with E-state index in [9.17, 15) is 14.4 Å². The van der Waals surface area contributed by atoms with Gasteiger partial charge in [0.05, 0.1) is 6.61 Å². The van der Waals surface area contributed by atoms with Gasteiger partial charge in [-0.15, -0.1) is 0 Å². The first-order valence-electron chi connectivity index (χ1n) is 6.34. The minimum Gasteiger partial charge on any atom is -0.449 e. The third-order valence-electron chi connectivity index (χ3n) is 2.53. The molecule has 0 aliphatic carbocycles. The Kier molecular flexibility index (Phi) is 6.22. The lowest BCUT2D eigenvalue weighted by Gasteiger charge is -2.06. The predicted molar refractivity (Wildman–Crippen MR) is 73.0 cm³/mol. The lowest BCUT2D eigenvalue weighted by atomic mass is 10.1. The Morgan fingerprint density at radius 2 is 1.70 bits per heavy atom. The highest BCUT2D eigenvalue weighted by Crippen LogP contribution is 2.07. The second-order valence-corrected chi connectivity index (χ2v) is 4.18. The molecule has 0 spiro atoms. The Morgan fingerprint density at radius 1 is 1.05 bits per heavy atom. The fourth-order valence-electron chi connectivity index (χ4n) is 1.46. The molecule has 0 aliphatic heterocycles. The van der Waals surface area contributed by atoms with Crippen molar-refractivity contribution in [2.45, 2.75) is 26.7 Å². The fraction of sp³-hybridized carbons (Fsp3) is 0.357. The van der Waals surface area contributed by atoms with Crippen LogP contribution >= 0.6 is 0 Å². The van der Waals surface area contributed by atoms with Crippen LogP contribution in [-0.2, 0) is 9.53 Å². The normalized spacial score (nSPS) is 9.70. The average Bonchev–Trinajstić information content (AvgIpc) is 2.43. The van der Waals surface area contributed by atoms with Crippen molar-refractivity contribution in [1.82, 2.24) is 10.9 Å². The summed E-state index contributed by atoms with van der Waals surface area (Å²) in [6, 6.07) is 7.14. The monoisotopic (exact) mass is 278 g/mol. The third-order valence-corrected chi connectivity index (χ3v) is 2.53. The van der Waals surface area contributed by atoms with Crippen molar-refractivity contribution in [2.24, 2.45) is 0 Å². The number of hydrogen-bond donors (Lipinski definition) is 2. The number of aryl methyl sites for hydroxylation is 1. The molecule has 6 heteroatoms. The van der Waals surface area contributed by atoms with Crippen LogP contribution in [0.25, 0.3) is 0 Å². The van der Waals surface area contributed by atoms with Crippen molar-refractivity contribution in [3.05, 3.63) is 35.4 Å². The van der Waals surface area contributed by atoms with Gasteiger partial charge in [-0.3, -0.25) is 15.0 Å². The van der Waals surface area contributed by atoms with E-state index in [0.717, 1.165) is 5.56 Å². The summed E-state index contributed by atoms with van der Waals surface area (Å²) >= 11 is 0.